The van der Waals surface area contributed by atoms with E-state index in [0.717, 1.165) is 5.56 Å². The molecule has 0 atom stereocenters. The summed E-state index contributed by atoms with van der Waals surface area (Å²) >= 11 is 0. The minimum absolute atomic E-state index is 0.206. The molecular weight excluding hydrogens is 293 g/mol. The molecule has 5 heteroatoms. The molecule has 0 radical (unpaired) electrons. The van der Waals surface area contributed by atoms with Crippen LogP contribution in [0.4, 0.5) is 4.39 Å². The van der Waals surface area contributed by atoms with Gasteiger partial charge in [0.05, 0.1) is 23.9 Å². The fourth-order valence-electron chi connectivity index (χ4n) is 2.27. The summed E-state index contributed by atoms with van der Waals surface area (Å²) in [6.07, 6.45) is 0. The molecule has 0 aliphatic heterocycles. The topological polar surface area (TPSA) is 58.7 Å². The van der Waals surface area contributed by atoms with Crippen LogP contribution in [0.1, 0.15) is 11.1 Å². The van der Waals surface area contributed by atoms with Crippen molar-refractivity contribution in [2.75, 3.05) is 0 Å². The van der Waals surface area contributed by atoms with Crippen LogP contribution in [0.2, 0.25) is 0 Å². The molecule has 0 amide bonds. The maximum absolute atomic E-state index is 13.0. The number of nitriles is 1. The van der Waals surface area contributed by atoms with Gasteiger partial charge in [-0.3, -0.25) is 4.79 Å². The minimum atomic E-state index is -0.329. The maximum atomic E-state index is 13.0. The molecule has 0 aliphatic carbocycles. The third kappa shape index (κ3) is 3.16. The standard InChI is InChI=1S/C18H12FN3O/c19-16-7-5-13(6-8-16)17-9-10-18(23)22(21-17)12-15-4-2-1-3-14(15)11-20/h1-10H,12H2. The Morgan fingerprint density at radius 1 is 1.04 bits per heavy atom. The van der Waals surface area contributed by atoms with Gasteiger partial charge in [-0.25, -0.2) is 9.07 Å². The van der Waals surface area contributed by atoms with Crippen LogP contribution in [-0.2, 0) is 6.54 Å². The number of hydrogen-bond acceptors (Lipinski definition) is 3. The first-order valence-electron chi connectivity index (χ1n) is 6.99. The summed E-state index contributed by atoms with van der Waals surface area (Å²) in [7, 11) is 0. The van der Waals surface area contributed by atoms with Gasteiger partial charge in [-0.15, -0.1) is 0 Å². The Kier molecular flexibility index (Phi) is 3.98. The average Bonchev–Trinajstić information content (AvgIpc) is 2.58. The Morgan fingerprint density at radius 2 is 1.78 bits per heavy atom. The van der Waals surface area contributed by atoms with Gasteiger partial charge in [0.15, 0.2) is 0 Å². The lowest BCUT2D eigenvalue weighted by atomic mass is 10.1. The number of benzene rings is 2. The molecule has 23 heavy (non-hydrogen) atoms. The van der Waals surface area contributed by atoms with Crippen molar-refractivity contribution in [2.45, 2.75) is 6.54 Å². The first-order chi connectivity index (χ1) is 11.2. The lowest BCUT2D eigenvalue weighted by Crippen LogP contribution is -2.23. The predicted molar refractivity (Wildman–Crippen MR) is 84.2 cm³/mol. The number of rotatable bonds is 3. The van der Waals surface area contributed by atoms with Gasteiger partial charge in [-0.1, -0.05) is 18.2 Å². The van der Waals surface area contributed by atoms with Crippen molar-refractivity contribution in [3.8, 4) is 17.3 Å². The van der Waals surface area contributed by atoms with Crippen LogP contribution >= 0.6 is 0 Å². The summed E-state index contributed by atoms with van der Waals surface area (Å²) in [6.45, 7) is 0.206. The molecule has 112 valence electrons. The molecule has 0 saturated heterocycles. The quantitative estimate of drug-likeness (QED) is 0.747. The number of aromatic nitrogens is 2. The number of hydrogen-bond donors (Lipinski definition) is 0. The maximum Gasteiger partial charge on any atom is 0.267 e. The van der Waals surface area contributed by atoms with E-state index in [2.05, 4.69) is 11.2 Å². The molecule has 0 bridgehead atoms. The molecule has 1 aromatic heterocycles. The SMILES string of the molecule is N#Cc1ccccc1Cn1nc(-c2ccc(F)cc2)ccc1=O. The Hall–Kier alpha value is -3.26. The van der Waals surface area contributed by atoms with Crippen molar-refractivity contribution in [3.63, 3.8) is 0 Å². The molecule has 0 aliphatic rings. The average molecular weight is 305 g/mol. The van der Waals surface area contributed by atoms with E-state index in [1.54, 1.807) is 36.4 Å². The highest BCUT2D eigenvalue weighted by Gasteiger charge is 2.07. The first kappa shape index (κ1) is 14.7. The highest BCUT2D eigenvalue weighted by molar-refractivity contribution is 5.57. The Morgan fingerprint density at radius 3 is 2.52 bits per heavy atom. The summed E-state index contributed by atoms with van der Waals surface area (Å²) in [5.41, 5.74) is 2.26. The molecule has 0 N–H and O–H groups in total. The molecular formula is C18H12FN3O. The molecule has 2 aromatic carbocycles. The van der Waals surface area contributed by atoms with Gasteiger partial charge < -0.3 is 0 Å². The second-order valence-electron chi connectivity index (χ2n) is 4.99. The van der Waals surface area contributed by atoms with Crippen LogP contribution in [0.3, 0.4) is 0 Å². The summed E-state index contributed by atoms with van der Waals surface area (Å²) in [5.74, 6) is -0.329. The zero-order valence-corrected chi connectivity index (χ0v) is 12.1. The third-order valence-corrected chi connectivity index (χ3v) is 3.46. The van der Waals surface area contributed by atoms with E-state index in [1.807, 2.05) is 6.07 Å². The highest BCUT2D eigenvalue weighted by atomic mass is 19.1. The van der Waals surface area contributed by atoms with Crippen LogP contribution in [0.5, 0.6) is 0 Å². The van der Waals surface area contributed by atoms with Crippen LogP contribution in [0, 0.1) is 17.1 Å². The van der Waals surface area contributed by atoms with E-state index in [1.165, 1.54) is 22.9 Å². The summed E-state index contributed by atoms with van der Waals surface area (Å²) in [5, 5.41) is 13.4. The zero-order chi connectivity index (χ0) is 16.2. The highest BCUT2D eigenvalue weighted by Crippen LogP contribution is 2.16. The molecule has 1 heterocycles. The van der Waals surface area contributed by atoms with Crippen LogP contribution in [-0.4, -0.2) is 9.78 Å². The van der Waals surface area contributed by atoms with Crippen molar-refractivity contribution in [2.24, 2.45) is 0 Å². The lowest BCUT2D eigenvalue weighted by Gasteiger charge is -2.08. The summed E-state index contributed by atoms with van der Waals surface area (Å²) in [4.78, 5) is 12.0. The van der Waals surface area contributed by atoms with E-state index in [9.17, 15) is 9.18 Å². The lowest BCUT2D eigenvalue weighted by molar-refractivity contribution is 0.627. The van der Waals surface area contributed by atoms with Crippen LogP contribution in [0.15, 0.2) is 65.5 Å². The monoisotopic (exact) mass is 305 g/mol. The van der Waals surface area contributed by atoms with Gasteiger partial charge in [0.25, 0.3) is 5.56 Å². The van der Waals surface area contributed by atoms with Crippen molar-refractivity contribution >= 4 is 0 Å². The van der Waals surface area contributed by atoms with Gasteiger partial charge in [0, 0.05) is 11.6 Å². The molecule has 0 saturated carbocycles. The zero-order valence-electron chi connectivity index (χ0n) is 12.1. The Balaban J connectivity index is 2.00. The smallest absolute Gasteiger partial charge is 0.267 e. The number of nitrogens with zero attached hydrogens (tertiary/aromatic N) is 3. The van der Waals surface area contributed by atoms with Gasteiger partial charge >= 0.3 is 0 Å². The van der Waals surface area contributed by atoms with E-state index in [0.29, 0.717) is 16.8 Å². The third-order valence-electron chi connectivity index (χ3n) is 3.46. The normalized spacial score (nSPS) is 10.3. The Labute approximate surface area is 132 Å². The predicted octanol–water partition coefficient (Wildman–Crippen LogP) is 2.97. The van der Waals surface area contributed by atoms with Gasteiger partial charge in [-0.05, 0) is 42.0 Å². The van der Waals surface area contributed by atoms with E-state index in [4.69, 9.17) is 5.26 Å². The summed E-state index contributed by atoms with van der Waals surface area (Å²) < 4.78 is 14.3. The van der Waals surface area contributed by atoms with Crippen molar-refractivity contribution < 1.29 is 4.39 Å². The fraction of sp³-hybridized carbons (Fsp3) is 0.0556. The van der Waals surface area contributed by atoms with Crippen LogP contribution in [0.25, 0.3) is 11.3 Å². The molecule has 3 rings (SSSR count). The summed E-state index contributed by atoms with van der Waals surface area (Å²) in [6, 6.07) is 18.1. The van der Waals surface area contributed by atoms with Crippen molar-refractivity contribution in [1.29, 1.82) is 5.26 Å². The molecule has 0 fully saturated rings. The second-order valence-corrected chi connectivity index (χ2v) is 4.99. The van der Waals surface area contributed by atoms with E-state index >= 15 is 0 Å². The second kappa shape index (κ2) is 6.24. The molecule has 0 unspecified atom stereocenters. The van der Waals surface area contributed by atoms with E-state index in [-0.39, 0.29) is 17.9 Å². The molecule has 4 nitrogen and oxygen atoms in total. The molecule has 3 aromatic rings. The first-order valence-corrected chi connectivity index (χ1v) is 6.99. The minimum Gasteiger partial charge on any atom is -0.268 e. The van der Waals surface area contributed by atoms with E-state index < -0.39 is 0 Å². The van der Waals surface area contributed by atoms with Gasteiger partial charge in [0.2, 0.25) is 0 Å². The van der Waals surface area contributed by atoms with Gasteiger partial charge in [0.1, 0.15) is 5.82 Å². The van der Waals surface area contributed by atoms with Crippen molar-refractivity contribution in [1.82, 2.24) is 9.78 Å². The fourth-order valence-corrected chi connectivity index (χ4v) is 2.27. The van der Waals surface area contributed by atoms with Crippen molar-refractivity contribution in [3.05, 3.63) is 88.0 Å². The largest absolute Gasteiger partial charge is 0.268 e. The van der Waals surface area contributed by atoms with Crippen LogP contribution < -0.4 is 5.56 Å². The van der Waals surface area contributed by atoms with Gasteiger partial charge in [-0.2, -0.15) is 10.4 Å². The Bertz CT molecular complexity index is 939. The number of halogens is 1. The molecule has 0 spiro atoms.